The number of amides is 3. The Kier molecular flexibility index (Phi) is 7.91. The van der Waals surface area contributed by atoms with Crippen LogP contribution in [0.15, 0.2) is 53.1 Å². The van der Waals surface area contributed by atoms with E-state index in [0.29, 0.717) is 27.7 Å². The Balaban J connectivity index is 1.64. The topological polar surface area (TPSA) is 123 Å². The van der Waals surface area contributed by atoms with Crippen molar-refractivity contribution in [2.45, 2.75) is 26.8 Å². The molecule has 3 aromatic rings. The second-order valence-corrected chi connectivity index (χ2v) is 8.35. The third kappa shape index (κ3) is 6.14. The van der Waals surface area contributed by atoms with Crippen LogP contribution in [0.4, 0.5) is 16.2 Å². The number of carbonyl (C=O) groups excluding carboxylic acids is 3. The van der Waals surface area contributed by atoms with E-state index in [2.05, 4.69) is 21.1 Å². The average molecular weight is 485 g/mol. The van der Waals surface area contributed by atoms with Gasteiger partial charge in [0.2, 0.25) is 5.76 Å². The number of aromatic nitrogens is 1. The number of aryl methyl sites for hydroxylation is 1. The van der Waals surface area contributed by atoms with E-state index in [1.165, 1.54) is 13.2 Å². The van der Waals surface area contributed by atoms with Crippen LogP contribution in [0.3, 0.4) is 0 Å². The van der Waals surface area contributed by atoms with Crippen LogP contribution in [-0.4, -0.2) is 36.2 Å². The second-order valence-electron chi connectivity index (χ2n) is 7.91. The van der Waals surface area contributed by atoms with E-state index in [9.17, 15) is 14.4 Å². The molecule has 0 aliphatic heterocycles. The summed E-state index contributed by atoms with van der Waals surface area (Å²) >= 11 is 5.99. The highest BCUT2D eigenvalue weighted by atomic mass is 35.5. The van der Waals surface area contributed by atoms with Gasteiger partial charge in [0.05, 0.1) is 7.11 Å². The number of nitrogens with zero attached hydrogens (tertiary/aromatic N) is 1. The fourth-order valence-electron chi connectivity index (χ4n) is 3.09. The molecule has 2 aromatic carbocycles. The van der Waals surface area contributed by atoms with E-state index < -0.39 is 23.9 Å². The van der Waals surface area contributed by atoms with Gasteiger partial charge in [-0.15, -0.1) is 0 Å². The van der Waals surface area contributed by atoms with Crippen LogP contribution in [0.2, 0.25) is 5.02 Å². The van der Waals surface area contributed by atoms with Crippen LogP contribution in [0.25, 0.3) is 11.3 Å². The number of esters is 1. The predicted octanol–water partition coefficient (Wildman–Crippen LogP) is 4.87. The van der Waals surface area contributed by atoms with E-state index in [4.69, 9.17) is 20.9 Å². The molecule has 0 spiro atoms. The zero-order chi connectivity index (χ0) is 24.8. The number of methoxy groups -OCH3 is 1. The normalized spacial score (nSPS) is 11.6. The number of carbonyl (C=O) groups is 3. The molecule has 34 heavy (non-hydrogen) atoms. The molecule has 3 N–H and O–H groups in total. The van der Waals surface area contributed by atoms with Gasteiger partial charge < -0.3 is 25.2 Å². The Morgan fingerprint density at radius 3 is 2.38 bits per heavy atom. The largest absolute Gasteiger partial charge is 0.467 e. The number of benzene rings is 2. The molecule has 0 saturated heterocycles. The molecule has 178 valence electrons. The van der Waals surface area contributed by atoms with Gasteiger partial charge in [-0.25, -0.2) is 9.59 Å². The summed E-state index contributed by atoms with van der Waals surface area (Å²) < 4.78 is 9.88. The summed E-state index contributed by atoms with van der Waals surface area (Å²) in [5, 5.41) is 12.5. The summed E-state index contributed by atoms with van der Waals surface area (Å²) in [5.74, 6) is -1.32. The van der Waals surface area contributed by atoms with Crippen LogP contribution in [-0.2, 0) is 9.53 Å². The van der Waals surface area contributed by atoms with Crippen LogP contribution >= 0.6 is 11.6 Å². The Hall–Kier alpha value is -3.85. The maximum Gasteiger partial charge on any atom is 0.328 e. The van der Waals surface area contributed by atoms with Crippen LogP contribution in [0.5, 0.6) is 0 Å². The van der Waals surface area contributed by atoms with Gasteiger partial charge in [-0.1, -0.05) is 48.8 Å². The van der Waals surface area contributed by atoms with Crippen molar-refractivity contribution >= 4 is 40.9 Å². The van der Waals surface area contributed by atoms with E-state index in [1.54, 1.807) is 50.2 Å². The zero-order valence-corrected chi connectivity index (χ0v) is 19.9. The third-order valence-corrected chi connectivity index (χ3v) is 5.26. The van der Waals surface area contributed by atoms with Crippen LogP contribution < -0.4 is 16.0 Å². The van der Waals surface area contributed by atoms with Gasteiger partial charge >= 0.3 is 12.0 Å². The number of anilines is 2. The van der Waals surface area contributed by atoms with Crippen molar-refractivity contribution in [2.75, 3.05) is 17.7 Å². The summed E-state index contributed by atoms with van der Waals surface area (Å²) in [6.45, 7) is 5.45. The summed E-state index contributed by atoms with van der Waals surface area (Å²) in [5.41, 5.74) is 3.15. The van der Waals surface area contributed by atoms with Gasteiger partial charge in [0.15, 0.2) is 0 Å². The van der Waals surface area contributed by atoms with Crippen LogP contribution in [0.1, 0.15) is 30.0 Å². The van der Waals surface area contributed by atoms with Gasteiger partial charge in [0.1, 0.15) is 11.7 Å². The molecule has 1 unspecified atom stereocenters. The fourth-order valence-corrected chi connectivity index (χ4v) is 3.27. The maximum atomic E-state index is 12.5. The Morgan fingerprint density at radius 1 is 1.03 bits per heavy atom. The smallest absolute Gasteiger partial charge is 0.328 e. The SMILES string of the molecule is COC(=O)C(NC(=O)c1cc(-c2ccc(NC(=O)Nc3cc(Cl)ccc3C)cc2)no1)C(C)C. The monoisotopic (exact) mass is 484 g/mol. The highest BCUT2D eigenvalue weighted by molar-refractivity contribution is 6.31. The average Bonchev–Trinajstić information content (AvgIpc) is 3.30. The number of hydrogen-bond acceptors (Lipinski definition) is 6. The number of hydrogen-bond donors (Lipinski definition) is 3. The first kappa shape index (κ1) is 24.8. The number of urea groups is 1. The molecular formula is C24H25ClN4O5. The minimum atomic E-state index is -0.807. The third-order valence-electron chi connectivity index (χ3n) is 5.03. The minimum Gasteiger partial charge on any atom is -0.467 e. The van der Waals surface area contributed by atoms with E-state index >= 15 is 0 Å². The van der Waals surface area contributed by atoms with Crippen LogP contribution in [0, 0.1) is 12.8 Å². The van der Waals surface area contributed by atoms with Crippen molar-refractivity contribution in [1.82, 2.24) is 10.5 Å². The van der Waals surface area contributed by atoms with Crippen molar-refractivity contribution in [3.05, 3.63) is 64.9 Å². The lowest BCUT2D eigenvalue weighted by atomic mass is 10.0. The van der Waals surface area contributed by atoms with Crippen molar-refractivity contribution < 1.29 is 23.6 Å². The highest BCUT2D eigenvalue weighted by Gasteiger charge is 2.27. The Bertz CT molecular complexity index is 1190. The second kappa shape index (κ2) is 10.8. The first-order valence-corrected chi connectivity index (χ1v) is 10.9. The number of halogens is 1. The molecule has 0 aliphatic rings. The lowest BCUT2D eigenvalue weighted by Gasteiger charge is -2.18. The van der Waals surface area contributed by atoms with E-state index in [0.717, 1.165) is 5.56 Å². The molecule has 0 fully saturated rings. The van der Waals surface area contributed by atoms with E-state index in [1.807, 2.05) is 13.0 Å². The van der Waals surface area contributed by atoms with Crippen molar-refractivity contribution in [3.63, 3.8) is 0 Å². The van der Waals surface area contributed by atoms with Gasteiger partial charge in [0, 0.05) is 28.0 Å². The molecule has 0 radical (unpaired) electrons. The van der Waals surface area contributed by atoms with Crippen molar-refractivity contribution in [3.8, 4) is 11.3 Å². The van der Waals surface area contributed by atoms with E-state index in [-0.39, 0.29) is 11.7 Å². The molecule has 0 saturated carbocycles. The fraction of sp³-hybridized carbons (Fsp3) is 0.250. The Labute approximate surface area is 201 Å². The standard InChI is InChI=1S/C24H25ClN4O5/c1-13(2)21(23(31)33-4)28-22(30)20-12-19(29-34-20)15-6-9-17(10-7-15)26-24(32)27-18-11-16(25)8-5-14(18)3/h5-13,21H,1-4H3,(H,28,30)(H2,26,27,32). The predicted molar refractivity (Wildman–Crippen MR) is 129 cm³/mol. The number of rotatable bonds is 7. The first-order valence-electron chi connectivity index (χ1n) is 10.5. The molecule has 3 amide bonds. The van der Waals surface area contributed by atoms with Gasteiger partial charge in [-0.2, -0.15) is 0 Å². The molecule has 0 aliphatic carbocycles. The van der Waals surface area contributed by atoms with Crippen molar-refractivity contribution in [1.29, 1.82) is 0 Å². The first-order chi connectivity index (χ1) is 16.2. The van der Waals surface area contributed by atoms with Gasteiger partial charge in [0.25, 0.3) is 5.91 Å². The summed E-state index contributed by atoms with van der Waals surface area (Å²) in [4.78, 5) is 36.7. The highest BCUT2D eigenvalue weighted by Crippen LogP contribution is 2.23. The molecule has 0 bridgehead atoms. The van der Waals surface area contributed by atoms with Gasteiger partial charge in [-0.3, -0.25) is 4.79 Å². The lowest BCUT2D eigenvalue weighted by molar-refractivity contribution is -0.144. The summed E-state index contributed by atoms with van der Waals surface area (Å²) in [6, 6.07) is 12.3. The number of ether oxygens (including phenoxy) is 1. The molecule has 10 heteroatoms. The maximum absolute atomic E-state index is 12.5. The zero-order valence-electron chi connectivity index (χ0n) is 19.1. The summed E-state index contributed by atoms with van der Waals surface area (Å²) in [7, 11) is 1.26. The van der Waals surface area contributed by atoms with Gasteiger partial charge in [-0.05, 0) is 42.7 Å². The lowest BCUT2D eigenvalue weighted by Crippen LogP contribution is -2.44. The molecule has 1 atom stereocenters. The number of nitrogens with one attached hydrogen (secondary N) is 3. The minimum absolute atomic E-state index is 0.0389. The Morgan fingerprint density at radius 2 is 1.74 bits per heavy atom. The molecule has 3 rings (SSSR count). The quantitative estimate of drug-likeness (QED) is 0.411. The van der Waals surface area contributed by atoms with Crippen molar-refractivity contribution in [2.24, 2.45) is 5.92 Å². The summed E-state index contributed by atoms with van der Waals surface area (Å²) in [6.07, 6.45) is 0. The molecular weight excluding hydrogens is 460 g/mol. The molecule has 9 nitrogen and oxygen atoms in total. The molecule has 1 aromatic heterocycles. The molecule has 1 heterocycles.